The predicted molar refractivity (Wildman–Crippen MR) is 84.4 cm³/mol. The molecule has 0 aliphatic carbocycles. The number of aliphatic hydroxyl groups excluding tert-OH is 1. The summed E-state index contributed by atoms with van der Waals surface area (Å²) in [5.41, 5.74) is 0.482. The summed E-state index contributed by atoms with van der Waals surface area (Å²) in [5.74, 6) is 0.732. The summed E-state index contributed by atoms with van der Waals surface area (Å²) < 4.78 is 5.59. The third kappa shape index (κ3) is 4.19. The van der Waals surface area contributed by atoms with Crippen LogP contribution in [0.1, 0.15) is 38.5 Å². The van der Waals surface area contributed by atoms with Gasteiger partial charge in [-0.1, -0.05) is 0 Å². The number of rotatable bonds is 4. The molecule has 3 heterocycles. The molecule has 0 aromatic carbocycles. The van der Waals surface area contributed by atoms with Crippen LogP contribution in [-0.2, 0) is 4.74 Å². The minimum Gasteiger partial charge on any atom is -0.392 e. The van der Waals surface area contributed by atoms with E-state index in [-0.39, 0.29) is 6.10 Å². The highest BCUT2D eigenvalue weighted by molar-refractivity contribution is 4.89. The molecule has 1 atom stereocenters. The predicted octanol–water partition coefficient (Wildman–Crippen LogP) is 1.58. The van der Waals surface area contributed by atoms with Crippen LogP contribution in [0, 0.1) is 11.3 Å². The van der Waals surface area contributed by atoms with Crippen LogP contribution in [0.25, 0.3) is 0 Å². The largest absolute Gasteiger partial charge is 0.392 e. The number of hydrogen-bond donors (Lipinski definition) is 1. The lowest BCUT2D eigenvalue weighted by atomic mass is 9.78. The van der Waals surface area contributed by atoms with Crippen molar-refractivity contribution in [2.75, 3.05) is 53.0 Å². The van der Waals surface area contributed by atoms with Gasteiger partial charge in [-0.05, 0) is 83.1 Å². The Bertz CT molecular complexity index is 313. The van der Waals surface area contributed by atoms with E-state index in [0.717, 1.165) is 45.2 Å². The lowest BCUT2D eigenvalue weighted by Gasteiger charge is -2.39. The Balaban J connectivity index is 1.36. The molecular formula is C17H32N2O2. The van der Waals surface area contributed by atoms with Gasteiger partial charge in [0.15, 0.2) is 0 Å². The Hall–Kier alpha value is -0.160. The minimum absolute atomic E-state index is 0.132. The maximum atomic E-state index is 10.4. The van der Waals surface area contributed by atoms with E-state index in [2.05, 4.69) is 16.8 Å². The number of β-amino-alcohol motifs (C(OH)–C–C–N with tert-alkyl or cyclic N) is 1. The van der Waals surface area contributed by atoms with Crippen molar-refractivity contribution in [3.63, 3.8) is 0 Å². The average molecular weight is 296 g/mol. The maximum Gasteiger partial charge on any atom is 0.0669 e. The Kier molecular flexibility index (Phi) is 5.20. The fourth-order valence-electron chi connectivity index (χ4n) is 4.31. The van der Waals surface area contributed by atoms with Crippen LogP contribution in [-0.4, -0.2) is 74.0 Å². The lowest BCUT2D eigenvalue weighted by Crippen LogP contribution is -2.44. The van der Waals surface area contributed by atoms with Crippen LogP contribution in [0.5, 0.6) is 0 Å². The van der Waals surface area contributed by atoms with Gasteiger partial charge in [0.1, 0.15) is 0 Å². The fraction of sp³-hybridized carbons (Fsp3) is 1.00. The van der Waals surface area contributed by atoms with Crippen molar-refractivity contribution in [3.05, 3.63) is 0 Å². The topological polar surface area (TPSA) is 35.9 Å². The Morgan fingerprint density at radius 1 is 1.14 bits per heavy atom. The second kappa shape index (κ2) is 6.95. The standard InChI is InChI=1S/C17H32N2O2/c1-18-7-2-15(3-8-18)12-16(20)13-19-9-4-17(5-10-19)6-11-21-14-17/h15-16,20H,2-14H2,1H3. The zero-order valence-corrected chi connectivity index (χ0v) is 13.6. The molecule has 3 rings (SSSR count). The molecular weight excluding hydrogens is 264 g/mol. The van der Waals surface area contributed by atoms with Crippen molar-refractivity contribution >= 4 is 0 Å². The molecule has 0 aromatic heterocycles. The molecule has 3 fully saturated rings. The molecule has 122 valence electrons. The summed E-state index contributed by atoms with van der Waals surface area (Å²) in [5, 5.41) is 10.4. The summed E-state index contributed by atoms with van der Waals surface area (Å²) >= 11 is 0. The number of aliphatic hydroxyl groups is 1. The molecule has 3 saturated heterocycles. The smallest absolute Gasteiger partial charge is 0.0669 e. The summed E-state index contributed by atoms with van der Waals surface area (Å²) in [6, 6.07) is 0. The quantitative estimate of drug-likeness (QED) is 0.854. The summed E-state index contributed by atoms with van der Waals surface area (Å²) in [6.45, 7) is 7.50. The van der Waals surface area contributed by atoms with Gasteiger partial charge in [0.05, 0.1) is 12.7 Å². The second-order valence-corrected chi connectivity index (χ2v) is 7.74. The van der Waals surface area contributed by atoms with Crippen LogP contribution < -0.4 is 0 Å². The first-order valence-corrected chi connectivity index (χ1v) is 8.82. The number of nitrogens with zero attached hydrogens (tertiary/aromatic N) is 2. The van der Waals surface area contributed by atoms with Crippen molar-refractivity contribution in [2.45, 2.75) is 44.6 Å². The molecule has 0 amide bonds. The maximum absolute atomic E-state index is 10.4. The Morgan fingerprint density at radius 2 is 1.86 bits per heavy atom. The van der Waals surface area contributed by atoms with Crippen molar-refractivity contribution in [1.29, 1.82) is 0 Å². The van der Waals surface area contributed by atoms with Crippen molar-refractivity contribution in [3.8, 4) is 0 Å². The van der Waals surface area contributed by atoms with Crippen LogP contribution >= 0.6 is 0 Å². The number of hydrogen-bond acceptors (Lipinski definition) is 4. The molecule has 4 heteroatoms. The minimum atomic E-state index is -0.132. The van der Waals surface area contributed by atoms with Gasteiger partial charge in [0.25, 0.3) is 0 Å². The third-order valence-corrected chi connectivity index (χ3v) is 6.01. The van der Waals surface area contributed by atoms with Crippen molar-refractivity contribution < 1.29 is 9.84 Å². The molecule has 3 aliphatic rings. The Labute approximate surface area is 129 Å². The van der Waals surface area contributed by atoms with Gasteiger partial charge >= 0.3 is 0 Å². The summed E-state index contributed by atoms with van der Waals surface area (Å²) in [4.78, 5) is 4.87. The SMILES string of the molecule is CN1CCC(CC(O)CN2CCC3(CCOC3)CC2)CC1. The molecule has 3 aliphatic heterocycles. The zero-order chi connectivity index (χ0) is 14.7. The van der Waals surface area contributed by atoms with E-state index < -0.39 is 0 Å². The molecule has 4 nitrogen and oxygen atoms in total. The van der Waals surface area contributed by atoms with E-state index in [9.17, 15) is 5.11 Å². The van der Waals surface area contributed by atoms with Crippen LogP contribution in [0.2, 0.25) is 0 Å². The molecule has 21 heavy (non-hydrogen) atoms. The van der Waals surface area contributed by atoms with E-state index in [1.165, 1.54) is 45.2 Å². The van der Waals surface area contributed by atoms with E-state index in [4.69, 9.17) is 4.74 Å². The van der Waals surface area contributed by atoms with Gasteiger partial charge < -0.3 is 19.6 Å². The number of ether oxygens (including phenoxy) is 1. The van der Waals surface area contributed by atoms with Crippen molar-refractivity contribution in [1.82, 2.24) is 9.80 Å². The number of piperidine rings is 2. The van der Waals surface area contributed by atoms with Gasteiger partial charge in [-0.3, -0.25) is 0 Å². The lowest BCUT2D eigenvalue weighted by molar-refractivity contribution is 0.0367. The Morgan fingerprint density at radius 3 is 2.48 bits per heavy atom. The number of likely N-dealkylation sites (tertiary alicyclic amines) is 2. The van der Waals surface area contributed by atoms with Gasteiger partial charge in [0.2, 0.25) is 0 Å². The highest BCUT2D eigenvalue weighted by Crippen LogP contribution is 2.39. The first kappa shape index (κ1) is 15.7. The molecule has 1 N–H and O–H groups in total. The summed E-state index contributed by atoms with van der Waals surface area (Å²) in [6.07, 6.45) is 7.15. The molecule has 1 spiro atoms. The monoisotopic (exact) mass is 296 g/mol. The van der Waals surface area contributed by atoms with Gasteiger partial charge in [-0.15, -0.1) is 0 Å². The second-order valence-electron chi connectivity index (χ2n) is 7.74. The molecule has 0 radical (unpaired) electrons. The van der Waals surface area contributed by atoms with Gasteiger partial charge in [0, 0.05) is 13.2 Å². The van der Waals surface area contributed by atoms with E-state index in [0.29, 0.717) is 5.41 Å². The average Bonchev–Trinajstić information content (AvgIpc) is 2.93. The molecule has 0 saturated carbocycles. The first-order valence-electron chi connectivity index (χ1n) is 8.82. The third-order valence-electron chi connectivity index (χ3n) is 6.01. The summed E-state index contributed by atoms with van der Waals surface area (Å²) in [7, 11) is 2.20. The molecule has 0 aromatic rings. The van der Waals surface area contributed by atoms with E-state index >= 15 is 0 Å². The van der Waals surface area contributed by atoms with Crippen molar-refractivity contribution in [2.24, 2.45) is 11.3 Å². The molecule has 0 bridgehead atoms. The van der Waals surface area contributed by atoms with Gasteiger partial charge in [-0.25, -0.2) is 0 Å². The normalized spacial score (nSPS) is 30.0. The van der Waals surface area contributed by atoms with Crippen LogP contribution in [0.4, 0.5) is 0 Å². The van der Waals surface area contributed by atoms with E-state index in [1.807, 2.05) is 0 Å². The highest BCUT2D eigenvalue weighted by Gasteiger charge is 2.38. The van der Waals surface area contributed by atoms with Crippen LogP contribution in [0.3, 0.4) is 0 Å². The van der Waals surface area contributed by atoms with Gasteiger partial charge in [-0.2, -0.15) is 0 Å². The fourth-order valence-corrected chi connectivity index (χ4v) is 4.31. The highest BCUT2D eigenvalue weighted by atomic mass is 16.5. The van der Waals surface area contributed by atoms with Crippen LogP contribution in [0.15, 0.2) is 0 Å². The zero-order valence-electron chi connectivity index (χ0n) is 13.6. The molecule has 1 unspecified atom stereocenters. The first-order chi connectivity index (χ1) is 10.2. The van der Waals surface area contributed by atoms with E-state index in [1.54, 1.807) is 0 Å².